The molecule has 0 bridgehead atoms. The summed E-state index contributed by atoms with van der Waals surface area (Å²) in [4.78, 5) is 0. The molecule has 1 unspecified atom stereocenters. The summed E-state index contributed by atoms with van der Waals surface area (Å²) < 4.78 is 22.5. The number of hydrogen-bond acceptors (Lipinski definition) is 4. The second-order valence-corrected chi connectivity index (χ2v) is 5.57. The maximum atomic E-state index is 6.15. The first kappa shape index (κ1) is 26.4. The van der Waals surface area contributed by atoms with Crippen molar-refractivity contribution in [3.05, 3.63) is 42.0 Å². The molecule has 3 rings (SSSR count). The third kappa shape index (κ3) is 6.77. The number of methoxy groups -OCH3 is 3. The molecule has 2 aromatic carbocycles. The Morgan fingerprint density at radius 3 is 1.96 bits per heavy atom. The minimum absolute atomic E-state index is 0.0374. The summed E-state index contributed by atoms with van der Waals surface area (Å²) in [5.74, 6) is 0.858. The molecular weight excluding hydrogens is 352 g/mol. The van der Waals surface area contributed by atoms with Gasteiger partial charge in [0.2, 0.25) is 0 Å². The smallest absolute Gasteiger partial charge is 0.125 e. The largest absolute Gasteiger partial charge is 0.496 e. The van der Waals surface area contributed by atoms with Gasteiger partial charge in [0.1, 0.15) is 11.9 Å². The highest BCUT2D eigenvalue weighted by molar-refractivity contribution is 5.85. The van der Waals surface area contributed by atoms with Gasteiger partial charge in [0.25, 0.3) is 0 Å². The van der Waals surface area contributed by atoms with Gasteiger partial charge in [-0.25, -0.2) is 0 Å². The van der Waals surface area contributed by atoms with Gasteiger partial charge < -0.3 is 18.9 Å². The average Bonchev–Trinajstić information content (AvgIpc) is 3.20. The first-order valence-corrected chi connectivity index (χ1v) is 10.5. The van der Waals surface area contributed by atoms with E-state index in [9.17, 15) is 0 Å². The molecule has 4 nitrogen and oxygen atoms in total. The van der Waals surface area contributed by atoms with E-state index in [1.54, 1.807) is 21.3 Å². The Hall–Kier alpha value is -1.62. The molecule has 1 fully saturated rings. The predicted octanol–water partition coefficient (Wildman–Crippen LogP) is 6.42. The van der Waals surface area contributed by atoms with Crippen LogP contribution < -0.4 is 4.74 Å². The van der Waals surface area contributed by atoms with E-state index in [1.807, 2.05) is 53.7 Å². The van der Waals surface area contributed by atoms with Gasteiger partial charge in [-0.3, -0.25) is 0 Å². The van der Waals surface area contributed by atoms with E-state index in [-0.39, 0.29) is 18.3 Å². The van der Waals surface area contributed by atoms with Crippen molar-refractivity contribution in [3.63, 3.8) is 0 Å². The molecule has 0 amide bonds. The van der Waals surface area contributed by atoms with Crippen molar-refractivity contribution in [3.8, 4) is 5.75 Å². The predicted molar refractivity (Wildman–Crippen MR) is 119 cm³/mol. The number of fused-ring (bicyclic) bond motifs is 1. The van der Waals surface area contributed by atoms with E-state index >= 15 is 0 Å². The molecule has 0 aromatic heterocycles. The average molecular weight is 393 g/mol. The van der Waals surface area contributed by atoms with E-state index in [4.69, 9.17) is 18.9 Å². The highest BCUT2D eigenvalue weighted by atomic mass is 16.6. The van der Waals surface area contributed by atoms with Gasteiger partial charge in [-0.2, -0.15) is 0 Å². The summed E-state index contributed by atoms with van der Waals surface area (Å²) in [5, 5.41) is 2.35. The summed E-state index contributed by atoms with van der Waals surface area (Å²) in [5.41, 5.74) is 1.07. The van der Waals surface area contributed by atoms with Crippen molar-refractivity contribution >= 4 is 10.8 Å². The lowest BCUT2D eigenvalue weighted by atomic mass is 9.99. The SMILES string of the molecule is CC.CC.CC.COC[C@H]1O[C@@H](c2cc3ccccc3cc2OC)CC1OC. The Morgan fingerprint density at radius 2 is 1.46 bits per heavy atom. The monoisotopic (exact) mass is 392 g/mol. The summed E-state index contributed by atoms with van der Waals surface area (Å²) in [6.07, 6.45) is 0.765. The molecule has 0 aliphatic carbocycles. The van der Waals surface area contributed by atoms with Crippen LogP contribution in [0.5, 0.6) is 5.75 Å². The van der Waals surface area contributed by atoms with Crippen molar-refractivity contribution < 1.29 is 18.9 Å². The van der Waals surface area contributed by atoms with Crippen LogP contribution in [0.3, 0.4) is 0 Å². The normalized spacial score (nSPS) is 20.1. The van der Waals surface area contributed by atoms with E-state index in [1.165, 1.54) is 5.39 Å². The highest BCUT2D eigenvalue weighted by Gasteiger charge is 2.37. The number of hydrogen-bond donors (Lipinski definition) is 0. The van der Waals surface area contributed by atoms with Crippen LogP contribution in [0.25, 0.3) is 10.8 Å². The van der Waals surface area contributed by atoms with Crippen molar-refractivity contribution in [1.29, 1.82) is 0 Å². The first-order chi connectivity index (χ1) is 13.8. The molecule has 1 saturated heterocycles. The lowest BCUT2D eigenvalue weighted by Gasteiger charge is -2.17. The number of rotatable bonds is 5. The first-order valence-electron chi connectivity index (χ1n) is 10.5. The second-order valence-electron chi connectivity index (χ2n) is 5.57. The standard InChI is InChI=1S/C18H22O4.3C2H6/c1-19-11-18-17(21-3)10-16(22-18)14-8-12-6-4-5-7-13(12)9-15(14)20-2;3*1-2/h4-9,16-18H,10-11H2,1-3H3;3*1-2H3/t16-,17?,18-;;;/m1.../s1. The van der Waals surface area contributed by atoms with Crippen LogP contribution in [0.15, 0.2) is 36.4 Å². The third-order valence-corrected chi connectivity index (χ3v) is 4.28. The van der Waals surface area contributed by atoms with Gasteiger partial charge in [-0.15, -0.1) is 0 Å². The quantitative estimate of drug-likeness (QED) is 0.588. The zero-order chi connectivity index (χ0) is 21.5. The minimum atomic E-state index is -0.0452. The van der Waals surface area contributed by atoms with Crippen molar-refractivity contribution in [2.75, 3.05) is 27.9 Å². The van der Waals surface area contributed by atoms with E-state index in [2.05, 4.69) is 24.3 Å². The molecule has 3 atom stereocenters. The van der Waals surface area contributed by atoms with Gasteiger partial charge in [0.15, 0.2) is 0 Å². The van der Waals surface area contributed by atoms with Gasteiger partial charge in [-0.1, -0.05) is 65.8 Å². The zero-order valence-electron chi connectivity index (χ0n) is 19.2. The fourth-order valence-electron chi connectivity index (χ4n) is 3.14. The maximum Gasteiger partial charge on any atom is 0.125 e. The van der Waals surface area contributed by atoms with Crippen LogP contribution in [-0.4, -0.2) is 40.1 Å². The van der Waals surface area contributed by atoms with Crippen LogP contribution in [0, 0.1) is 0 Å². The summed E-state index contributed by atoms with van der Waals surface area (Å²) >= 11 is 0. The minimum Gasteiger partial charge on any atom is -0.496 e. The molecule has 0 saturated carbocycles. The van der Waals surface area contributed by atoms with E-state index in [0.29, 0.717) is 6.61 Å². The number of benzene rings is 2. The molecule has 28 heavy (non-hydrogen) atoms. The Morgan fingerprint density at radius 1 is 0.893 bits per heavy atom. The van der Waals surface area contributed by atoms with Gasteiger partial charge in [-0.05, 0) is 22.9 Å². The maximum absolute atomic E-state index is 6.15. The molecule has 1 aliphatic heterocycles. The van der Waals surface area contributed by atoms with Crippen LogP contribution in [0.4, 0.5) is 0 Å². The van der Waals surface area contributed by atoms with Crippen molar-refractivity contribution in [1.82, 2.24) is 0 Å². The lowest BCUT2D eigenvalue weighted by molar-refractivity contribution is -0.0448. The fourth-order valence-corrected chi connectivity index (χ4v) is 3.14. The fraction of sp³-hybridized carbons (Fsp3) is 0.583. The van der Waals surface area contributed by atoms with Gasteiger partial charge >= 0.3 is 0 Å². The molecule has 4 heteroatoms. The van der Waals surface area contributed by atoms with Crippen LogP contribution in [0.1, 0.15) is 59.6 Å². The Kier molecular flexibility index (Phi) is 14.4. The summed E-state index contributed by atoms with van der Waals surface area (Å²) in [6, 6.07) is 12.5. The molecule has 1 heterocycles. The van der Waals surface area contributed by atoms with Crippen molar-refractivity contribution in [2.24, 2.45) is 0 Å². The van der Waals surface area contributed by atoms with Crippen LogP contribution in [-0.2, 0) is 14.2 Å². The number of ether oxygens (including phenoxy) is 4. The molecule has 0 N–H and O–H groups in total. The Bertz CT molecular complexity index is 642. The molecule has 0 spiro atoms. The van der Waals surface area contributed by atoms with Crippen LogP contribution in [0.2, 0.25) is 0 Å². The molecule has 2 aromatic rings. The summed E-state index contributed by atoms with van der Waals surface area (Å²) in [7, 11) is 5.10. The molecule has 0 radical (unpaired) electrons. The van der Waals surface area contributed by atoms with Gasteiger partial charge in [0, 0.05) is 26.2 Å². The van der Waals surface area contributed by atoms with Crippen LogP contribution >= 0.6 is 0 Å². The Balaban J connectivity index is 0.00000111. The molecule has 1 aliphatic rings. The third-order valence-electron chi connectivity index (χ3n) is 4.28. The second kappa shape index (κ2) is 15.3. The van der Waals surface area contributed by atoms with Gasteiger partial charge in [0.05, 0.1) is 25.9 Å². The molecule has 160 valence electrons. The highest BCUT2D eigenvalue weighted by Crippen LogP contribution is 2.40. The summed E-state index contributed by atoms with van der Waals surface area (Å²) in [6.45, 7) is 12.5. The van der Waals surface area contributed by atoms with E-state index in [0.717, 1.165) is 23.1 Å². The van der Waals surface area contributed by atoms with Crippen molar-refractivity contribution in [2.45, 2.75) is 66.3 Å². The topological polar surface area (TPSA) is 36.9 Å². The Labute approximate surface area is 172 Å². The zero-order valence-corrected chi connectivity index (χ0v) is 19.2. The lowest BCUT2D eigenvalue weighted by Crippen LogP contribution is -2.27. The van der Waals surface area contributed by atoms with E-state index < -0.39 is 0 Å². The molecular formula is C24H40O4.